The van der Waals surface area contributed by atoms with Crippen molar-refractivity contribution < 1.29 is 23.1 Å². The number of nitrogens with zero attached hydrogens (tertiary/aromatic N) is 5. The summed E-state index contributed by atoms with van der Waals surface area (Å²) in [5.41, 5.74) is -0.885. The quantitative estimate of drug-likeness (QED) is 0.374. The highest BCUT2D eigenvalue weighted by atomic mass is 19.4. The molecule has 1 amide bonds. The van der Waals surface area contributed by atoms with Gasteiger partial charge in [-0.15, -0.1) is 0 Å². The number of halogens is 3. The SMILES string of the molecule is CC(C)(O)c1cc2nn(C3CCN(CCN4CC5(CCNCC5)C4)CC3)cc2cc1NC(=O)c1cccc(C(F)(F)F)n1. The van der Waals surface area contributed by atoms with Crippen molar-refractivity contribution in [3.63, 3.8) is 0 Å². The predicted molar refractivity (Wildman–Crippen MR) is 158 cm³/mol. The van der Waals surface area contributed by atoms with Crippen molar-refractivity contribution in [2.75, 3.05) is 57.7 Å². The molecule has 9 nitrogen and oxygen atoms in total. The summed E-state index contributed by atoms with van der Waals surface area (Å²) in [6.45, 7) is 12.2. The maximum atomic E-state index is 13.1. The minimum atomic E-state index is -4.66. The number of amides is 1. The molecule has 0 unspecified atom stereocenters. The standard InChI is InChI=1S/C31H40F3N7O2/c1-29(2,43)23-17-25-21(16-26(23)37-28(42)24-4-3-5-27(36-24)31(32,33)34)18-41(38-25)22-6-12-39(13-7-22)14-15-40-19-30(20-40)8-10-35-11-9-30/h3-5,16-18,22,35,43H,6-15,19-20H2,1-2H3,(H,37,42). The van der Waals surface area contributed by atoms with Crippen LogP contribution in [0.15, 0.2) is 36.5 Å². The molecular formula is C31H40F3N7O2. The van der Waals surface area contributed by atoms with E-state index in [0.717, 1.165) is 69.6 Å². The first kappa shape index (κ1) is 30.0. The number of aromatic nitrogens is 3. The van der Waals surface area contributed by atoms with E-state index in [0.29, 0.717) is 22.2 Å². The Kier molecular flexibility index (Phi) is 7.99. The minimum absolute atomic E-state index is 0.239. The maximum absolute atomic E-state index is 13.1. The van der Waals surface area contributed by atoms with Crippen LogP contribution in [0.2, 0.25) is 0 Å². The Balaban J connectivity index is 1.10. The molecule has 5 heterocycles. The Morgan fingerprint density at radius 3 is 2.47 bits per heavy atom. The molecule has 6 rings (SSSR count). The number of aliphatic hydroxyl groups is 1. The Labute approximate surface area is 249 Å². The van der Waals surface area contributed by atoms with Crippen LogP contribution < -0.4 is 10.6 Å². The van der Waals surface area contributed by atoms with E-state index in [9.17, 15) is 23.1 Å². The number of rotatable bonds is 7. The predicted octanol–water partition coefficient (Wildman–Crippen LogP) is 4.25. The highest BCUT2D eigenvalue weighted by Gasteiger charge is 2.43. The number of carbonyl (C=O) groups excluding carboxylic acids is 1. The second-order valence-corrected chi connectivity index (χ2v) is 13.0. The van der Waals surface area contributed by atoms with E-state index in [-0.39, 0.29) is 11.7 Å². The molecule has 12 heteroatoms. The van der Waals surface area contributed by atoms with Crippen molar-refractivity contribution in [3.05, 3.63) is 53.5 Å². The third kappa shape index (κ3) is 6.57. The van der Waals surface area contributed by atoms with Gasteiger partial charge in [0.2, 0.25) is 0 Å². The number of nitrogens with one attached hydrogen (secondary N) is 2. The van der Waals surface area contributed by atoms with Gasteiger partial charge in [-0.2, -0.15) is 18.3 Å². The van der Waals surface area contributed by atoms with E-state index < -0.39 is 23.4 Å². The van der Waals surface area contributed by atoms with Crippen molar-refractivity contribution in [2.24, 2.45) is 5.41 Å². The molecule has 3 aliphatic heterocycles. The van der Waals surface area contributed by atoms with Crippen molar-refractivity contribution in [1.29, 1.82) is 0 Å². The highest BCUT2D eigenvalue weighted by molar-refractivity contribution is 6.04. The minimum Gasteiger partial charge on any atom is -0.386 e. The van der Waals surface area contributed by atoms with Crippen LogP contribution in [0.1, 0.15) is 67.3 Å². The van der Waals surface area contributed by atoms with Crippen LogP contribution in [0, 0.1) is 5.41 Å². The molecule has 232 valence electrons. The number of carbonyl (C=O) groups is 1. The molecule has 43 heavy (non-hydrogen) atoms. The van der Waals surface area contributed by atoms with E-state index in [2.05, 4.69) is 25.4 Å². The van der Waals surface area contributed by atoms with Gasteiger partial charge in [0, 0.05) is 62.1 Å². The fourth-order valence-corrected chi connectivity index (χ4v) is 6.82. The molecule has 1 spiro atoms. The molecule has 3 fully saturated rings. The Hall–Kier alpha value is -3.06. The fraction of sp³-hybridized carbons (Fsp3) is 0.581. The van der Waals surface area contributed by atoms with E-state index in [1.54, 1.807) is 26.0 Å². The molecule has 0 saturated carbocycles. The average molecular weight is 600 g/mol. The van der Waals surface area contributed by atoms with Crippen LogP contribution in [0.3, 0.4) is 0 Å². The van der Waals surface area contributed by atoms with Gasteiger partial charge in [-0.1, -0.05) is 6.07 Å². The molecule has 0 aliphatic carbocycles. The zero-order valence-electron chi connectivity index (χ0n) is 24.8. The molecule has 1 aromatic carbocycles. The molecule has 0 atom stereocenters. The molecule has 3 N–H and O–H groups in total. The highest BCUT2D eigenvalue weighted by Crippen LogP contribution is 2.38. The number of fused-ring (bicyclic) bond motifs is 1. The molecule has 3 aromatic rings. The van der Waals surface area contributed by atoms with Gasteiger partial charge < -0.3 is 25.5 Å². The van der Waals surface area contributed by atoms with Gasteiger partial charge in [0.05, 0.1) is 17.2 Å². The van der Waals surface area contributed by atoms with Gasteiger partial charge in [-0.3, -0.25) is 9.48 Å². The zero-order chi connectivity index (χ0) is 30.4. The molecule has 3 aliphatic rings. The number of anilines is 1. The monoisotopic (exact) mass is 599 g/mol. The van der Waals surface area contributed by atoms with Crippen LogP contribution in [-0.4, -0.2) is 87.9 Å². The van der Waals surface area contributed by atoms with Crippen LogP contribution in [-0.2, 0) is 11.8 Å². The number of pyridine rings is 1. The van der Waals surface area contributed by atoms with Crippen molar-refractivity contribution in [3.8, 4) is 0 Å². The molecular weight excluding hydrogens is 559 g/mol. The van der Waals surface area contributed by atoms with Crippen molar-refractivity contribution in [2.45, 2.75) is 57.3 Å². The van der Waals surface area contributed by atoms with Crippen LogP contribution in [0.25, 0.3) is 10.9 Å². The topological polar surface area (TPSA) is 98.5 Å². The van der Waals surface area contributed by atoms with Gasteiger partial charge in [0.25, 0.3) is 5.91 Å². The lowest BCUT2D eigenvalue weighted by Gasteiger charge is -2.53. The summed E-state index contributed by atoms with van der Waals surface area (Å²) in [4.78, 5) is 21.6. The summed E-state index contributed by atoms with van der Waals surface area (Å²) in [7, 11) is 0. The Morgan fingerprint density at radius 2 is 1.79 bits per heavy atom. The maximum Gasteiger partial charge on any atom is 0.433 e. The number of hydrogen-bond donors (Lipinski definition) is 3. The third-order valence-corrected chi connectivity index (χ3v) is 9.29. The molecule has 2 aromatic heterocycles. The van der Waals surface area contributed by atoms with E-state index in [4.69, 9.17) is 5.10 Å². The van der Waals surface area contributed by atoms with Gasteiger partial charge >= 0.3 is 6.18 Å². The fourth-order valence-electron chi connectivity index (χ4n) is 6.82. The number of piperidine rings is 2. The Morgan fingerprint density at radius 1 is 1.09 bits per heavy atom. The van der Waals surface area contributed by atoms with Crippen molar-refractivity contribution >= 4 is 22.5 Å². The molecule has 0 bridgehead atoms. The zero-order valence-corrected chi connectivity index (χ0v) is 24.8. The van der Waals surface area contributed by atoms with Gasteiger partial charge in [-0.05, 0) is 82.3 Å². The lowest BCUT2D eigenvalue weighted by Crippen LogP contribution is -2.60. The smallest absolute Gasteiger partial charge is 0.386 e. The molecule has 0 radical (unpaired) electrons. The summed E-state index contributed by atoms with van der Waals surface area (Å²) in [6.07, 6.45) is 1.83. The van der Waals surface area contributed by atoms with Crippen LogP contribution >= 0.6 is 0 Å². The van der Waals surface area contributed by atoms with Crippen LogP contribution in [0.4, 0.5) is 18.9 Å². The summed E-state index contributed by atoms with van der Waals surface area (Å²) < 4.78 is 41.4. The number of benzene rings is 1. The second-order valence-electron chi connectivity index (χ2n) is 13.0. The summed E-state index contributed by atoms with van der Waals surface area (Å²) >= 11 is 0. The first-order chi connectivity index (χ1) is 20.4. The Bertz CT molecular complexity index is 1460. The second kappa shape index (κ2) is 11.5. The summed E-state index contributed by atoms with van der Waals surface area (Å²) in [5.74, 6) is -0.792. The average Bonchev–Trinajstić information content (AvgIpc) is 3.37. The van der Waals surface area contributed by atoms with Crippen molar-refractivity contribution in [1.82, 2.24) is 29.9 Å². The van der Waals surface area contributed by atoms with E-state index >= 15 is 0 Å². The summed E-state index contributed by atoms with van der Waals surface area (Å²) in [5, 5.41) is 22.6. The van der Waals surface area contributed by atoms with Gasteiger partial charge in [-0.25, -0.2) is 4.98 Å². The van der Waals surface area contributed by atoms with E-state index in [1.807, 2.05) is 10.9 Å². The largest absolute Gasteiger partial charge is 0.433 e. The molecule has 3 saturated heterocycles. The first-order valence-electron chi connectivity index (χ1n) is 15.2. The van der Waals surface area contributed by atoms with Crippen LogP contribution in [0.5, 0.6) is 0 Å². The summed E-state index contributed by atoms with van der Waals surface area (Å²) in [6, 6.07) is 6.89. The normalized spacial score (nSPS) is 20.4. The van der Waals surface area contributed by atoms with Gasteiger partial charge in [0.1, 0.15) is 11.4 Å². The van der Waals surface area contributed by atoms with E-state index in [1.165, 1.54) is 32.0 Å². The third-order valence-electron chi connectivity index (χ3n) is 9.29. The number of likely N-dealkylation sites (tertiary alicyclic amines) is 2. The lowest BCUT2D eigenvalue weighted by molar-refractivity contribution is -0.141. The lowest BCUT2D eigenvalue weighted by atomic mass is 9.72. The first-order valence-corrected chi connectivity index (χ1v) is 15.2. The number of alkyl halides is 3. The van der Waals surface area contributed by atoms with Gasteiger partial charge in [0.15, 0.2) is 0 Å². The number of hydrogen-bond acceptors (Lipinski definition) is 7.